The Bertz CT molecular complexity index is 504. The second-order valence-electron chi connectivity index (χ2n) is 5.33. The molecule has 2 rings (SSSR count). The minimum absolute atomic E-state index is 0.119. The minimum Gasteiger partial charge on any atom is -0.496 e. The van der Waals surface area contributed by atoms with E-state index in [0.717, 1.165) is 29.3 Å². The first-order valence-corrected chi connectivity index (χ1v) is 7.60. The van der Waals surface area contributed by atoms with Gasteiger partial charge in [0.1, 0.15) is 5.75 Å². The molecule has 0 spiro atoms. The summed E-state index contributed by atoms with van der Waals surface area (Å²) in [6.07, 6.45) is 2.74. The summed E-state index contributed by atoms with van der Waals surface area (Å²) < 4.78 is 6.18. The second kappa shape index (κ2) is 6.59. The van der Waals surface area contributed by atoms with Crippen LogP contribution in [0, 0.1) is 12.8 Å². The molecule has 1 saturated carbocycles. The number of aliphatic hydroxyl groups is 1. The van der Waals surface area contributed by atoms with Gasteiger partial charge in [0, 0.05) is 17.1 Å². The highest BCUT2D eigenvalue weighted by atomic mass is 79.9. The first-order chi connectivity index (χ1) is 9.55. The number of amides is 1. The molecule has 0 aromatic heterocycles. The van der Waals surface area contributed by atoms with Gasteiger partial charge in [-0.1, -0.05) is 15.9 Å². The van der Waals surface area contributed by atoms with E-state index in [2.05, 4.69) is 21.2 Å². The molecule has 0 bridgehead atoms. The number of rotatable bonds is 4. The smallest absolute Gasteiger partial charge is 0.255 e. The highest BCUT2D eigenvalue weighted by Crippen LogP contribution is 2.29. The van der Waals surface area contributed by atoms with E-state index in [1.807, 2.05) is 13.0 Å². The first kappa shape index (κ1) is 15.3. The summed E-state index contributed by atoms with van der Waals surface area (Å²) in [5.74, 6) is 0.776. The minimum atomic E-state index is -0.119. The van der Waals surface area contributed by atoms with Gasteiger partial charge in [-0.2, -0.15) is 0 Å². The number of carbonyl (C=O) groups excluding carboxylic acids is 1. The van der Waals surface area contributed by atoms with Crippen molar-refractivity contribution < 1.29 is 14.6 Å². The third-order valence-corrected chi connectivity index (χ3v) is 4.71. The molecule has 1 aliphatic carbocycles. The number of benzene rings is 1. The predicted octanol–water partition coefficient (Wildman–Crippen LogP) is 2.66. The van der Waals surface area contributed by atoms with E-state index in [1.165, 1.54) is 0 Å². The summed E-state index contributed by atoms with van der Waals surface area (Å²) in [7, 11) is 1.57. The van der Waals surface area contributed by atoms with Crippen LogP contribution in [0.5, 0.6) is 5.75 Å². The largest absolute Gasteiger partial charge is 0.496 e. The van der Waals surface area contributed by atoms with E-state index in [-0.39, 0.29) is 18.6 Å². The van der Waals surface area contributed by atoms with E-state index in [4.69, 9.17) is 9.84 Å². The number of halogens is 1. The average molecular weight is 342 g/mol. The molecule has 20 heavy (non-hydrogen) atoms. The van der Waals surface area contributed by atoms with Crippen molar-refractivity contribution in [3.8, 4) is 5.75 Å². The van der Waals surface area contributed by atoms with Gasteiger partial charge in [-0.05, 0) is 49.8 Å². The number of aryl methyl sites for hydroxylation is 1. The zero-order valence-electron chi connectivity index (χ0n) is 11.8. The van der Waals surface area contributed by atoms with Crippen molar-refractivity contribution in [1.29, 1.82) is 0 Å². The van der Waals surface area contributed by atoms with Crippen LogP contribution in [-0.4, -0.2) is 30.8 Å². The van der Waals surface area contributed by atoms with Crippen LogP contribution >= 0.6 is 15.9 Å². The monoisotopic (exact) mass is 341 g/mol. The number of hydrogen-bond acceptors (Lipinski definition) is 3. The predicted molar refractivity (Wildman–Crippen MR) is 81.1 cm³/mol. The molecule has 0 radical (unpaired) electrons. The lowest BCUT2D eigenvalue weighted by molar-refractivity contribution is 0.0932. The molecular formula is C15H20BrNO3. The van der Waals surface area contributed by atoms with E-state index in [0.29, 0.717) is 17.2 Å². The van der Waals surface area contributed by atoms with Gasteiger partial charge in [-0.15, -0.1) is 0 Å². The molecule has 0 aliphatic heterocycles. The lowest BCUT2D eigenvalue weighted by atomic mass is 10.1. The molecule has 1 amide bonds. The molecule has 2 atom stereocenters. The summed E-state index contributed by atoms with van der Waals surface area (Å²) in [4.78, 5) is 12.4. The highest BCUT2D eigenvalue weighted by Gasteiger charge is 2.26. The highest BCUT2D eigenvalue weighted by molar-refractivity contribution is 9.10. The average Bonchev–Trinajstić information content (AvgIpc) is 2.88. The van der Waals surface area contributed by atoms with Gasteiger partial charge in [-0.25, -0.2) is 0 Å². The summed E-state index contributed by atoms with van der Waals surface area (Å²) in [6, 6.07) is 3.79. The lowest BCUT2D eigenvalue weighted by Crippen LogP contribution is -2.33. The number of hydrogen-bond donors (Lipinski definition) is 2. The van der Waals surface area contributed by atoms with Gasteiger partial charge in [0.25, 0.3) is 5.91 Å². The summed E-state index contributed by atoms with van der Waals surface area (Å²) in [5, 5.41) is 12.2. The number of methoxy groups -OCH3 is 1. The van der Waals surface area contributed by atoms with Crippen LogP contribution in [0.4, 0.5) is 0 Å². The van der Waals surface area contributed by atoms with Crippen LogP contribution < -0.4 is 10.1 Å². The van der Waals surface area contributed by atoms with Crippen molar-refractivity contribution in [2.24, 2.45) is 5.92 Å². The van der Waals surface area contributed by atoms with E-state index < -0.39 is 0 Å². The molecule has 1 fully saturated rings. The van der Waals surface area contributed by atoms with Crippen LogP contribution in [0.1, 0.15) is 35.2 Å². The third kappa shape index (κ3) is 3.33. The van der Waals surface area contributed by atoms with Crippen LogP contribution in [0.25, 0.3) is 0 Å². The molecular weight excluding hydrogens is 322 g/mol. The molecule has 1 aromatic carbocycles. The van der Waals surface area contributed by atoms with Gasteiger partial charge in [0.2, 0.25) is 0 Å². The van der Waals surface area contributed by atoms with Crippen LogP contribution in [0.3, 0.4) is 0 Å². The number of aliphatic hydroxyl groups excluding tert-OH is 1. The third-order valence-electron chi connectivity index (χ3n) is 3.86. The molecule has 110 valence electrons. The Hall–Kier alpha value is -1.07. The van der Waals surface area contributed by atoms with Gasteiger partial charge < -0.3 is 15.2 Å². The van der Waals surface area contributed by atoms with Crippen molar-refractivity contribution in [3.05, 3.63) is 27.7 Å². The van der Waals surface area contributed by atoms with Crippen molar-refractivity contribution in [2.75, 3.05) is 13.7 Å². The zero-order chi connectivity index (χ0) is 14.7. The SMILES string of the molecule is COc1cc(C)c(Br)cc1C(=O)N[C@H]1CC[C@@H](CO)C1. The summed E-state index contributed by atoms with van der Waals surface area (Å²) in [5.41, 5.74) is 1.57. The molecule has 4 nitrogen and oxygen atoms in total. The standard InChI is InChI=1S/C15H20BrNO3/c1-9-5-14(20-2)12(7-13(9)16)15(19)17-11-4-3-10(6-11)8-18/h5,7,10-11,18H,3-4,6,8H2,1-2H3,(H,17,19)/t10-,11+/m1/s1. The number of nitrogens with one attached hydrogen (secondary N) is 1. The van der Waals surface area contributed by atoms with Crippen molar-refractivity contribution in [3.63, 3.8) is 0 Å². The van der Waals surface area contributed by atoms with Crippen LogP contribution in [0.2, 0.25) is 0 Å². The molecule has 0 heterocycles. The fourth-order valence-corrected chi connectivity index (χ4v) is 2.98. The maximum Gasteiger partial charge on any atom is 0.255 e. The fourth-order valence-electron chi connectivity index (χ4n) is 2.64. The second-order valence-corrected chi connectivity index (χ2v) is 6.19. The van der Waals surface area contributed by atoms with Gasteiger partial charge in [0.05, 0.1) is 12.7 Å². The summed E-state index contributed by atoms with van der Waals surface area (Å²) in [6.45, 7) is 2.16. The topological polar surface area (TPSA) is 58.6 Å². The Morgan fingerprint density at radius 2 is 2.25 bits per heavy atom. The molecule has 0 saturated heterocycles. The summed E-state index contributed by atoms with van der Waals surface area (Å²) >= 11 is 3.44. The Balaban J connectivity index is 2.11. The van der Waals surface area contributed by atoms with Crippen LogP contribution in [0.15, 0.2) is 16.6 Å². The van der Waals surface area contributed by atoms with E-state index in [1.54, 1.807) is 13.2 Å². The zero-order valence-corrected chi connectivity index (χ0v) is 13.4. The van der Waals surface area contributed by atoms with E-state index >= 15 is 0 Å². The Kier molecular flexibility index (Phi) is 5.05. The Morgan fingerprint density at radius 1 is 1.50 bits per heavy atom. The molecule has 2 N–H and O–H groups in total. The maximum atomic E-state index is 12.4. The lowest BCUT2D eigenvalue weighted by Gasteiger charge is -2.15. The maximum absolute atomic E-state index is 12.4. The van der Waals surface area contributed by atoms with Crippen molar-refractivity contribution in [2.45, 2.75) is 32.2 Å². The molecule has 1 aliphatic rings. The van der Waals surface area contributed by atoms with Gasteiger partial charge in [0.15, 0.2) is 0 Å². The van der Waals surface area contributed by atoms with Gasteiger partial charge >= 0.3 is 0 Å². The first-order valence-electron chi connectivity index (χ1n) is 6.81. The van der Waals surface area contributed by atoms with Crippen molar-refractivity contribution >= 4 is 21.8 Å². The molecule has 0 unspecified atom stereocenters. The number of ether oxygens (including phenoxy) is 1. The molecule has 1 aromatic rings. The number of carbonyl (C=O) groups is 1. The molecule has 5 heteroatoms. The normalized spacial score (nSPS) is 21.8. The quantitative estimate of drug-likeness (QED) is 0.885. The Labute approximate surface area is 127 Å². The van der Waals surface area contributed by atoms with Gasteiger partial charge in [-0.3, -0.25) is 4.79 Å². The van der Waals surface area contributed by atoms with Crippen molar-refractivity contribution in [1.82, 2.24) is 5.32 Å². The fraction of sp³-hybridized carbons (Fsp3) is 0.533. The Morgan fingerprint density at radius 3 is 2.85 bits per heavy atom. The van der Waals surface area contributed by atoms with Crippen LogP contribution in [-0.2, 0) is 0 Å². The van der Waals surface area contributed by atoms with E-state index in [9.17, 15) is 4.79 Å².